The molecule has 4 N–H and O–H groups in total. The zero-order valence-corrected chi connectivity index (χ0v) is 13.5. The minimum atomic E-state index is -1.77. The van der Waals surface area contributed by atoms with Crippen LogP contribution in [0.1, 0.15) is 18.6 Å². The summed E-state index contributed by atoms with van der Waals surface area (Å²) in [5.74, 6) is -1.48. The highest BCUT2D eigenvalue weighted by Crippen LogP contribution is 2.31. The fourth-order valence-corrected chi connectivity index (χ4v) is 2.83. The number of hydrogen-bond donors (Lipinski definition) is 4. The average Bonchev–Trinajstić information content (AvgIpc) is 2.47. The first kappa shape index (κ1) is 18.4. The molecule has 1 aliphatic rings. The van der Waals surface area contributed by atoms with Gasteiger partial charge in [-0.1, -0.05) is 29.3 Å². The lowest BCUT2D eigenvalue weighted by atomic mass is 9.99. The van der Waals surface area contributed by atoms with Crippen LogP contribution in [0.5, 0.6) is 0 Å². The SMILES string of the molecule is CC(OC1O[C@H](C(=O)O)[C@@H](O)[C@H](O)[C@H]1O)c1ccc(Cl)cc1Cl. The Bertz CT molecular complexity index is 582. The minimum Gasteiger partial charge on any atom is -0.479 e. The van der Waals surface area contributed by atoms with Crippen LogP contribution in [0.4, 0.5) is 0 Å². The first-order chi connectivity index (χ1) is 10.7. The monoisotopic (exact) mass is 366 g/mol. The van der Waals surface area contributed by atoms with Gasteiger partial charge in [-0.05, 0) is 24.6 Å². The van der Waals surface area contributed by atoms with Gasteiger partial charge in [-0.2, -0.15) is 0 Å². The molecule has 0 aromatic heterocycles. The number of benzene rings is 1. The molecule has 6 atom stereocenters. The van der Waals surface area contributed by atoms with Crippen molar-refractivity contribution in [2.45, 2.75) is 43.7 Å². The van der Waals surface area contributed by atoms with Gasteiger partial charge in [0, 0.05) is 10.0 Å². The van der Waals surface area contributed by atoms with Crippen molar-refractivity contribution in [1.82, 2.24) is 0 Å². The number of ether oxygens (including phenoxy) is 2. The maximum absolute atomic E-state index is 11.0. The van der Waals surface area contributed by atoms with Gasteiger partial charge in [-0.25, -0.2) is 4.79 Å². The van der Waals surface area contributed by atoms with Gasteiger partial charge < -0.3 is 29.9 Å². The Labute approximate surface area is 142 Å². The van der Waals surface area contributed by atoms with E-state index in [2.05, 4.69) is 0 Å². The van der Waals surface area contributed by atoms with Gasteiger partial charge in [-0.15, -0.1) is 0 Å². The summed E-state index contributed by atoms with van der Waals surface area (Å²) in [5, 5.41) is 39.0. The van der Waals surface area contributed by atoms with Gasteiger partial charge >= 0.3 is 5.97 Å². The number of hydrogen-bond acceptors (Lipinski definition) is 6. The Morgan fingerprint density at radius 3 is 2.43 bits per heavy atom. The zero-order chi connectivity index (χ0) is 17.3. The Morgan fingerprint density at radius 2 is 1.87 bits per heavy atom. The van der Waals surface area contributed by atoms with Crippen molar-refractivity contribution >= 4 is 29.2 Å². The van der Waals surface area contributed by atoms with Crippen molar-refractivity contribution < 1.29 is 34.7 Å². The third-order valence-corrected chi connectivity index (χ3v) is 4.11. The molecule has 1 aromatic carbocycles. The number of aliphatic hydroxyl groups is 3. The second kappa shape index (κ2) is 7.31. The maximum atomic E-state index is 11.0. The summed E-state index contributed by atoms with van der Waals surface area (Å²) in [7, 11) is 0. The van der Waals surface area contributed by atoms with Crippen molar-refractivity contribution in [1.29, 1.82) is 0 Å². The lowest BCUT2D eigenvalue weighted by Gasteiger charge is -2.39. The highest BCUT2D eigenvalue weighted by atomic mass is 35.5. The molecule has 0 saturated carbocycles. The van der Waals surface area contributed by atoms with E-state index in [1.165, 1.54) is 6.07 Å². The van der Waals surface area contributed by atoms with Crippen molar-refractivity contribution in [2.24, 2.45) is 0 Å². The van der Waals surface area contributed by atoms with E-state index in [1.54, 1.807) is 19.1 Å². The molecule has 0 spiro atoms. The Morgan fingerprint density at radius 1 is 1.22 bits per heavy atom. The third-order valence-electron chi connectivity index (χ3n) is 3.55. The smallest absolute Gasteiger partial charge is 0.335 e. The van der Waals surface area contributed by atoms with Crippen LogP contribution >= 0.6 is 23.2 Å². The largest absolute Gasteiger partial charge is 0.479 e. The molecule has 1 fully saturated rings. The molecule has 23 heavy (non-hydrogen) atoms. The number of carbonyl (C=O) groups is 1. The number of aliphatic carboxylic acids is 1. The predicted molar refractivity (Wildman–Crippen MR) is 80.3 cm³/mol. The summed E-state index contributed by atoms with van der Waals surface area (Å²) in [5.41, 5.74) is 0.541. The summed E-state index contributed by atoms with van der Waals surface area (Å²) in [6.45, 7) is 1.61. The number of carboxylic acid groups (broad SMARTS) is 1. The fraction of sp³-hybridized carbons (Fsp3) is 0.500. The van der Waals surface area contributed by atoms with E-state index in [1.807, 2.05) is 0 Å². The molecule has 1 aliphatic heterocycles. The van der Waals surface area contributed by atoms with Crippen LogP contribution in [-0.2, 0) is 14.3 Å². The molecule has 128 valence electrons. The van der Waals surface area contributed by atoms with Gasteiger partial charge in [0.2, 0.25) is 0 Å². The number of halogens is 2. The molecule has 7 nitrogen and oxygen atoms in total. The molecule has 2 unspecified atom stereocenters. The molecule has 0 amide bonds. The quantitative estimate of drug-likeness (QED) is 0.626. The molecular formula is C14H16Cl2O7. The van der Waals surface area contributed by atoms with E-state index in [-0.39, 0.29) is 0 Å². The highest BCUT2D eigenvalue weighted by molar-refractivity contribution is 6.35. The standard InChI is InChI=1S/C14H16Cl2O7/c1-5(7-3-2-6(15)4-8(7)16)22-14-11(19)9(17)10(18)12(23-14)13(20)21/h2-5,9-12,14,17-19H,1H3,(H,20,21)/t5?,9-,10-,11+,12-,14?/m0/s1. The Hall–Kier alpha value is -0.930. The maximum Gasteiger partial charge on any atom is 0.335 e. The van der Waals surface area contributed by atoms with Crippen molar-refractivity contribution in [3.8, 4) is 0 Å². The van der Waals surface area contributed by atoms with Crippen LogP contribution in [0.25, 0.3) is 0 Å². The zero-order valence-electron chi connectivity index (χ0n) is 12.0. The molecule has 0 radical (unpaired) electrons. The van der Waals surface area contributed by atoms with Crippen LogP contribution in [0.3, 0.4) is 0 Å². The summed E-state index contributed by atoms with van der Waals surface area (Å²) < 4.78 is 10.5. The average molecular weight is 367 g/mol. The van der Waals surface area contributed by atoms with E-state index in [0.717, 1.165) is 0 Å². The Balaban J connectivity index is 2.15. The van der Waals surface area contributed by atoms with E-state index in [9.17, 15) is 20.1 Å². The summed E-state index contributed by atoms with van der Waals surface area (Å²) in [6, 6.07) is 4.72. The Kier molecular flexibility index (Phi) is 5.85. The van der Waals surface area contributed by atoms with Gasteiger partial charge in [0.15, 0.2) is 12.4 Å². The summed E-state index contributed by atoms with van der Waals surface area (Å²) in [6.07, 6.45) is -8.95. The number of aliphatic hydroxyl groups excluding tert-OH is 3. The van der Waals surface area contributed by atoms with Crippen LogP contribution in [0, 0.1) is 0 Å². The molecule has 0 bridgehead atoms. The van der Waals surface area contributed by atoms with E-state index >= 15 is 0 Å². The third kappa shape index (κ3) is 3.95. The van der Waals surface area contributed by atoms with Crippen molar-refractivity contribution in [3.05, 3.63) is 33.8 Å². The highest BCUT2D eigenvalue weighted by Gasteiger charge is 2.47. The molecule has 0 aliphatic carbocycles. The molecular weight excluding hydrogens is 351 g/mol. The van der Waals surface area contributed by atoms with E-state index in [4.69, 9.17) is 37.8 Å². The second-order valence-electron chi connectivity index (χ2n) is 5.18. The van der Waals surface area contributed by atoms with Gasteiger partial charge in [0.1, 0.15) is 18.3 Å². The minimum absolute atomic E-state index is 0.325. The van der Waals surface area contributed by atoms with Crippen LogP contribution in [0.15, 0.2) is 18.2 Å². The molecule has 9 heteroatoms. The first-order valence-corrected chi connectivity index (χ1v) is 7.51. The van der Waals surface area contributed by atoms with Crippen LogP contribution in [0.2, 0.25) is 10.0 Å². The predicted octanol–water partition coefficient (Wildman–Crippen LogP) is 0.963. The molecule has 2 rings (SSSR count). The van der Waals surface area contributed by atoms with Crippen molar-refractivity contribution in [3.63, 3.8) is 0 Å². The summed E-state index contributed by atoms with van der Waals surface area (Å²) in [4.78, 5) is 11.0. The molecule has 1 saturated heterocycles. The fourth-order valence-electron chi connectivity index (χ4n) is 2.27. The van der Waals surface area contributed by atoms with Crippen LogP contribution < -0.4 is 0 Å². The number of rotatable bonds is 4. The molecule has 1 aromatic rings. The van der Waals surface area contributed by atoms with E-state index < -0.39 is 42.8 Å². The number of carboxylic acids is 1. The summed E-state index contributed by atoms with van der Waals surface area (Å²) >= 11 is 11.9. The normalized spacial score (nSPS) is 32.5. The lowest BCUT2D eigenvalue weighted by molar-refractivity contribution is -0.304. The topological polar surface area (TPSA) is 116 Å². The van der Waals surface area contributed by atoms with E-state index in [0.29, 0.717) is 15.6 Å². The van der Waals surface area contributed by atoms with Crippen LogP contribution in [-0.4, -0.2) is 57.1 Å². The van der Waals surface area contributed by atoms with Gasteiger partial charge in [-0.3, -0.25) is 0 Å². The molecule has 1 heterocycles. The first-order valence-electron chi connectivity index (χ1n) is 6.75. The van der Waals surface area contributed by atoms with Gasteiger partial charge in [0.05, 0.1) is 6.10 Å². The lowest BCUT2D eigenvalue weighted by Crippen LogP contribution is -2.60. The van der Waals surface area contributed by atoms with Crippen molar-refractivity contribution in [2.75, 3.05) is 0 Å². The second-order valence-corrected chi connectivity index (χ2v) is 6.02. The van der Waals surface area contributed by atoms with Gasteiger partial charge in [0.25, 0.3) is 0 Å².